The Bertz CT molecular complexity index is 1000. The van der Waals surface area contributed by atoms with E-state index in [-0.39, 0.29) is 33.4 Å². The molecular weight excluding hydrogens is 436 g/mol. The molecule has 7 nitrogen and oxygen atoms in total. The molecule has 8 heteroatoms. The van der Waals surface area contributed by atoms with E-state index in [1.807, 2.05) is 53.7 Å². The summed E-state index contributed by atoms with van der Waals surface area (Å²) in [5.74, 6) is 0.472. The summed E-state index contributed by atoms with van der Waals surface area (Å²) in [6.45, 7) is 14.4. The van der Waals surface area contributed by atoms with Crippen molar-refractivity contribution in [2.45, 2.75) is 103 Å². The summed E-state index contributed by atoms with van der Waals surface area (Å²) in [6, 6.07) is 3.72. The molecule has 0 unspecified atom stereocenters. The van der Waals surface area contributed by atoms with Gasteiger partial charge in [-0.2, -0.15) is 4.98 Å². The number of phenols is 1. The van der Waals surface area contributed by atoms with Gasteiger partial charge in [0.05, 0.1) is 5.75 Å². The number of unbranched alkanes of at least 4 members (excludes halogenated alkanes) is 5. The van der Waals surface area contributed by atoms with Gasteiger partial charge in [0.2, 0.25) is 15.8 Å². The lowest BCUT2D eigenvalue weighted by Crippen LogP contribution is -2.18. The SMILES string of the molecule is CCCCCCCCS(=O)(=O)c1ncnc(Nc2cc(C(C)(C)C)c(O)c(C(C)(C)C)c2)n1. The number of sulfone groups is 1. The molecule has 2 aromatic rings. The van der Waals surface area contributed by atoms with Crippen molar-refractivity contribution >= 4 is 21.5 Å². The number of hydrogen-bond acceptors (Lipinski definition) is 7. The Hall–Kier alpha value is -2.22. The fourth-order valence-corrected chi connectivity index (χ4v) is 4.83. The van der Waals surface area contributed by atoms with Gasteiger partial charge in [-0.3, -0.25) is 0 Å². The van der Waals surface area contributed by atoms with Gasteiger partial charge < -0.3 is 10.4 Å². The molecule has 0 saturated carbocycles. The maximum Gasteiger partial charge on any atom is 0.251 e. The lowest BCUT2D eigenvalue weighted by atomic mass is 9.79. The average Bonchev–Trinajstić information content (AvgIpc) is 2.70. The lowest BCUT2D eigenvalue weighted by molar-refractivity contribution is 0.423. The summed E-state index contributed by atoms with van der Waals surface area (Å²) in [5, 5.41) is 13.8. The minimum atomic E-state index is -3.58. The van der Waals surface area contributed by atoms with E-state index in [1.54, 1.807) is 0 Å². The Balaban J connectivity index is 2.26. The van der Waals surface area contributed by atoms with Crippen LogP contribution in [0.1, 0.15) is 98.1 Å². The second-order valence-electron chi connectivity index (χ2n) is 10.7. The predicted molar refractivity (Wildman–Crippen MR) is 134 cm³/mol. The number of anilines is 2. The minimum absolute atomic E-state index is 0.0319. The number of nitrogens with zero attached hydrogens (tertiary/aromatic N) is 3. The van der Waals surface area contributed by atoms with E-state index >= 15 is 0 Å². The summed E-state index contributed by atoms with van der Waals surface area (Å²) >= 11 is 0. The van der Waals surface area contributed by atoms with Gasteiger partial charge in [-0.25, -0.2) is 18.4 Å². The van der Waals surface area contributed by atoms with Crippen LogP contribution in [0.2, 0.25) is 0 Å². The van der Waals surface area contributed by atoms with Crippen LogP contribution in [0.25, 0.3) is 0 Å². The highest BCUT2D eigenvalue weighted by molar-refractivity contribution is 7.91. The summed E-state index contributed by atoms with van der Waals surface area (Å²) in [6.07, 6.45) is 7.22. The fourth-order valence-electron chi connectivity index (χ4n) is 3.63. The third-order valence-corrected chi connectivity index (χ3v) is 7.16. The van der Waals surface area contributed by atoms with Crippen molar-refractivity contribution < 1.29 is 13.5 Å². The highest BCUT2D eigenvalue weighted by Gasteiger charge is 2.27. The maximum atomic E-state index is 12.7. The first kappa shape index (κ1) is 27.0. The van der Waals surface area contributed by atoms with Gasteiger partial charge >= 0.3 is 0 Å². The molecule has 0 saturated heterocycles. The van der Waals surface area contributed by atoms with Crippen LogP contribution in [-0.2, 0) is 20.7 Å². The third kappa shape index (κ3) is 7.66. The van der Waals surface area contributed by atoms with Crippen molar-refractivity contribution in [3.63, 3.8) is 0 Å². The van der Waals surface area contributed by atoms with Gasteiger partial charge in [0.1, 0.15) is 12.1 Å². The first-order valence-corrected chi connectivity index (χ1v) is 13.5. The van der Waals surface area contributed by atoms with E-state index in [4.69, 9.17) is 0 Å². The zero-order chi connectivity index (χ0) is 24.9. The highest BCUT2D eigenvalue weighted by Crippen LogP contribution is 2.41. The molecule has 0 radical (unpaired) electrons. The van der Waals surface area contributed by atoms with E-state index in [0.29, 0.717) is 12.1 Å². The third-order valence-electron chi connectivity index (χ3n) is 5.58. The van der Waals surface area contributed by atoms with Gasteiger partial charge in [0.25, 0.3) is 5.16 Å². The van der Waals surface area contributed by atoms with E-state index in [2.05, 4.69) is 27.2 Å². The molecule has 0 aliphatic carbocycles. The minimum Gasteiger partial charge on any atom is -0.507 e. The van der Waals surface area contributed by atoms with Gasteiger partial charge in [-0.15, -0.1) is 0 Å². The van der Waals surface area contributed by atoms with Crippen LogP contribution in [0, 0.1) is 0 Å². The Morgan fingerprint density at radius 3 is 1.97 bits per heavy atom. The molecule has 0 atom stereocenters. The molecule has 0 amide bonds. The smallest absolute Gasteiger partial charge is 0.251 e. The molecule has 2 N–H and O–H groups in total. The molecule has 2 rings (SSSR count). The van der Waals surface area contributed by atoms with Crippen molar-refractivity contribution in [2.75, 3.05) is 11.1 Å². The van der Waals surface area contributed by atoms with Crippen LogP contribution in [0.5, 0.6) is 5.75 Å². The van der Waals surface area contributed by atoms with Crippen molar-refractivity contribution in [1.82, 2.24) is 15.0 Å². The highest BCUT2D eigenvalue weighted by atomic mass is 32.2. The summed E-state index contributed by atoms with van der Waals surface area (Å²) in [4.78, 5) is 12.2. The molecule has 184 valence electrons. The molecule has 0 aliphatic rings. The molecule has 0 fully saturated rings. The number of phenolic OH excluding ortho intramolecular Hbond substituents is 1. The van der Waals surface area contributed by atoms with E-state index < -0.39 is 9.84 Å². The van der Waals surface area contributed by atoms with Gasteiger partial charge in [-0.1, -0.05) is 80.6 Å². The number of hydrogen-bond donors (Lipinski definition) is 2. The standard InChI is InChI=1S/C25H40N4O3S/c1-8-9-10-11-12-13-14-33(31,32)23-27-17-26-22(29-23)28-18-15-19(24(2,3)4)21(30)20(16-18)25(5,6)7/h15-17,30H,8-14H2,1-7H3,(H,26,27,28,29). The Kier molecular flexibility index (Phi) is 8.85. The van der Waals surface area contributed by atoms with Crippen molar-refractivity contribution in [2.24, 2.45) is 0 Å². The van der Waals surface area contributed by atoms with Crippen LogP contribution in [-0.4, -0.2) is 34.2 Å². The van der Waals surface area contributed by atoms with E-state index in [9.17, 15) is 13.5 Å². The molecule has 0 spiro atoms. The van der Waals surface area contributed by atoms with Gasteiger partial charge in [0.15, 0.2) is 0 Å². The summed E-state index contributed by atoms with van der Waals surface area (Å²) in [5.41, 5.74) is 1.71. The Morgan fingerprint density at radius 1 is 0.879 bits per heavy atom. The summed E-state index contributed by atoms with van der Waals surface area (Å²) < 4.78 is 25.5. The Morgan fingerprint density at radius 2 is 1.42 bits per heavy atom. The monoisotopic (exact) mass is 476 g/mol. The van der Waals surface area contributed by atoms with Crippen LogP contribution in [0.4, 0.5) is 11.6 Å². The molecule has 0 aliphatic heterocycles. The largest absolute Gasteiger partial charge is 0.507 e. The van der Waals surface area contributed by atoms with Crippen LogP contribution in [0.3, 0.4) is 0 Å². The van der Waals surface area contributed by atoms with Crippen LogP contribution < -0.4 is 5.32 Å². The zero-order valence-electron chi connectivity index (χ0n) is 21.2. The second-order valence-corrected chi connectivity index (χ2v) is 12.7. The number of benzene rings is 1. The normalized spacial score (nSPS) is 12.7. The van der Waals surface area contributed by atoms with E-state index in [0.717, 1.165) is 36.8 Å². The predicted octanol–water partition coefficient (Wildman–Crippen LogP) is 6.05. The number of rotatable bonds is 10. The molecule has 0 bridgehead atoms. The molecular formula is C25H40N4O3S. The number of nitrogens with one attached hydrogen (secondary N) is 1. The van der Waals surface area contributed by atoms with Gasteiger partial charge in [0, 0.05) is 16.8 Å². The zero-order valence-corrected chi connectivity index (χ0v) is 22.0. The Labute approximate surface area is 199 Å². The molecule has 1 aromatic heterocycles. The molecule has 33 heavy (non-hydrogen) atoms. The molecule has 1 aromatic carbocycles. The van der Waals surface area contributed by atoms with E-state index in [1.165, 1.54) is 12.7 Å². The average molecular weight is 477 g/mol. The quantitative estimate of drug-likeness (QED) is 0.317. The first-order valence-electron chi connectivity index (χ1n) is 11.8. The lowest BCUT2D eigenvalue weighted by Gasteiger charge is -2.28. The van der Waals surface area contributed by atoms with Crippen LogP contribution >= 0.6 is 0 Å². The fraction of sp³-hybridized carbons (Fsp3) is 0.640. The number of aromatic nitrogens is 3. The van der Waals surface area contributed by atoms with Gasteiger partial charge in [-0.05, 0) is 29.4 Å². The van der Waals surface area contributed by atoms with Crippen molar-refractivity contribution in [3.05, 3.63) is 29.6 Å². The number of aromatic hydroxyl groups is 1. The first-order chi connectivity index (χ1) is 15.3. The van der Waals surface area contributed by atoms with Crippen molar-refractivity contribution in [3.8, 4) is 5.75 Å². The van der Waals surface area contributed by atoms with Crippen LogP contribution in [0.15, 0.2) is 23.6 Å². The molecule has 1 heterocycles. The van der Waals surface area contributed by atoms with Crippen molar-refractivity contribution in [1.29, 1.82) is 0 Å². The summed E-state index contributed by atoms with van der Waals surface area (Å²) in [7, 11) is -3.58. The maximum absolute atomic E-state index is 12.7. The second kappa shape index (κ2) is 10.8. The topological polar surface area (TPSA) is 105 Å².